The molecule has 2 unspecified atom stereocenters. The number of fused-ring (bicyclic) bond motifs is 1. The lowest BCUT2D eigenvalue weighted by atomic mass is 9.70. The van der Waals surface area contributed by atoms with E-state index in [9.17, 15) is 14.7 Å². The van der Waals surface area contributed by atoms with Gasteiger partial charge in [-0.3, -0.25) is 9.59 Å². The molecular formula is C21H23NO3. The van der Waals surface area contributed by atoms with Gasteiger partial charge in [0.1, 0.15) is 5.92 Å². The van der Waals surface area contributed by atoms with E-state index in [4.69, 9.17) is 0 Å². The number of benzene rings is 2. The summed E-state index contributed by atoms with van der Waals surface area (Å²) in [5.41, 5.74) is 0.976. The maximum atomic E-state index is 13.2. The van der Waals surface area contributed by atoms with E-state index >= 15 is 0 Å². The minimum Gasteiger partial charge on any atom is -0.481 e. The van der Waals surface area contributed by atoms with Crippen LogP contribution in [0.1, 0.15) is 48.2 Å². The molecule has 0 saturated heterocycles. The Balaban J connectivity index is 2.30. The standard InChI is InChI=1S/C21H23NO3/c1-14(2)13-22-19(23)17-12-8-7-11-16(17)18(20(24)25)21(22,3)15-9-5-4-6-10-15/h4-12,14,18H,13H2,1-3H3,(H,24,25). The first-order valence-corrected chi connectivity index (χ1v) is 8.56. The van der Waals surface area contributed by atoms with Gasteiger partial charge in [0.05, 0.1) is 5.54 Å². The van der Waals surface area contributed by atoms with Gasteiger partial charge in [0.2, 0.25) is 0 Å². The Morgan fingerprint density at radius 1 is 1.12 bits per heavy atom. The number of aliphatic carboxylic acids is 1. The van der Waals surface area contributed by atoms with Crippen molar-refractivity contribution >= 4 is 11.9 Å². The van der Waals surface area contributed by atoms with E-state index in [2.05, 4.69) is 0 Å². The molecule has 0 fully saturated rings. The average molecular weight is 337 g/mol. The molecule has 2 atom stereocenters. The van der Waals surface area contributed by atoms with Crippen LogP contribution in [0.3, 0.4) is 0 Å². The number of carbonyl (C=O) groups is 2. The molecule has 3 rings (SSSR count). The van der Waals surface area contributed by atoms with Crippen LogP contribution in [0, 0.1) is 5.92 Å². The maximum absolute atomic E-state index is 13.2. The quantitative estimate of drug-likeness (QED) is 0.921. The second kappa shape index (κ2) is 6.36. The van der Waals surface area contributed by atoms with Crippen LogP contribution in [0.5, 0.6) is 0 Å². The van der Waals surface area contributed by atoms with Crippen molar-refractivity contribution in [2.45, 2.75) is 32.2 Å². The molecule has 1 aliphatic rings. The highest BCUT2D eigenvalue weighted by Crippen LogP contribution is 2.47. The van der Waals surface area contributed by atoms with Crippen molar-refractivity contribution in [2.75, 3.05) is 6.54 Å². The highest BCUT2D eigenvalue weighted by molar-refractivity contribution is 6.01. The molecule has 1 heterocycles. The molecule has 0 radical (unpaired) electrons. The first-order valence-electron chi connectivity index (χ1n) is 8.56. The first-order chi connectivity index (χ1) is 11.9. The van der Waals surface area contributed by atoms with E-state index in [-0.39, 0.29) is 11.8 Å². The van der Waals surface area contributed by atoms with Crippen LogP contribution >= 0.6 is 0 Å². The number of hydrogen-bond acceptors (Lipinski definition) is 2. The second-order valence-corrected chi connectivity index (χ2v) is 7.18. The fourth-order valence-electron chi connectivity index (χ4n) is 3.87. The molecule has 0 saturated carbocycles. The normalized spacial score (nSPS) is 22.8. The van der Waals surface area contributed by atoms with Crippen molar-refractivity contribution in [3.05, 3.63) is 71.3 Å². The first kappa shape index (κ1) is 17.2. The zero-order valence-corrected chi connectivity index (χ0v) is 14.8. The van der Waals surface area contributed by atoms with E-state index in [0.717, 1.165) is 5.56 Å². The van der Waals surface area contributed by atoms with E-state index in [0.29, 0.717) is 17.7 Å². The van der Waals surface area contributed by atoms with E-state index in [1.165, 1.54) is 0 Å². The number of rotatable bonds is 4. The van der Waals surface area contributed by atoms with E-state index < -0.39 is 17.4 Å². The highest BCUT2D eigenvalue weighted by atomic mass is 16.4. The summed E-state index contributed by atoms with van der Waals surface area (Å²) in [6, 6.07) is 16.6. The van der Waals surface area contributed by atoms with Crippen molar-refractivity contribution in [1.82, 2.24) is 4.90 Å². The van der Waals surface area contributed by atoms with Crippen molar-refractivity contribution in [3.63, 3.8) is 0 Å². The Bertz CT molecular complexity index is 800. The lowest BCUT2D eigenvalue weighted by molar-refractivity contribution is -0.143. The van der Waals surface area contributed by atoms with Crippen molar-refractivity contribution in [3.8, 4) is 0 Å². The molecule has 0 bridgehead atoms. The zero-order chi connectivity index (χ0) is 18.2. The van der Waals surface area contributed by atoms with Crippen LogP contribution < -0.4 is 0 Å². The van der Waals surface area contributed by atoms with Crippen LogP contribution in [0.25, 0.3) is 0 Å². The number of carbonyl (C=O) groups excluding carboxylic acids is 1. The van der Waals surface area contributed by atoms with Gasteiger partial charge >= 0.3 is 5.97 Å². The van der Waals surface area contributed by atoms with Gasteiger partial charge in [0.25, 0.3) is 5.91 Å². The van der Waals surface area contributed by atoms with E-state index in [1.54, 1.807) is 29.2 Å². The van der Waals surface area contributed by atoms with Crippen LogP contribution in [0.2, 0.25) is 0 Å². The third-order valence-electron chi connectivity index (χ3n) is 5.02. The van der Waals surface area contributed by atoms with Gasteiger partial charge < -0.3 is 10.0 Å². The summed E-state index contributed by atoms with van der Waals surface area (Å²) >= 11 is 0. The summed E-state index contributed by atoms with van der Waals surface area (Å²) in [4.78, 5) is 27.3. The zero-order valence-electron chi connectivity index (χ0n) is 14.8. The van der Waals surface area contributed by atoms with Gasteiger partial charge in [0, 0.05) is 12.1 Å². The Morgan fingerprint density at radius 2 is 1.72 bits per heavy atom. The molecule has 2 aromatic rings. The monoisotopic (exact) mass is 337 g/mol. The average Bonchev–Trinajstić information content (AvgIpc) is 2.59. The highest BCUT2D eigenvalue weighted by Gasteiger charge is 2.52. The molecule has 4 heteroatoms. The summed E-state index contributed by atoms with van der Waals surface area (Å²) in [5.74, 6) is -1.61. The molecule has 0 aromatic heterocycles. The van der Waals surface area contributed by atoms with Crippen molar-refractivity contribution in [1.29, 1.82) is 0 Å². The fraction of sp³-hybridized carbons (Fsp3) is 0.333. The van der Waals surface area contributed by atoms with Crippen molar-refractivity contribution < 1.29 is 14.7 Å². The summed E-state index contributed by atoms with van der Waals surface area (Å²) in [6.45, 7) is 6.45. The number of carboxylic acid groups (broad SMARTS) is 1. The molecule has 0 spiro atoms. The predicted molar refractivity (Wildman–Crippen MR) is 96.5 cm³/mol. The summed E-state index contributed by atoms with van der Waals surface area (Å²) < 4.78 is 0. The molecule has 1 N–H and O–H groups in total. The summed E-state index contributed by atoms with van der Waals surface area (Å²) in [7, 11) is 0. The molecule has 0 aliphatic carbocycles. The van der Waals surface area contributed by atoms with Gasteiger partial charge in [-0.1, -0.05) is 62.4 Å². The van der Waals surface area contributed by atoms with E-state index in [1.807, 2.05) is 51.1 Å². The lowest BCUT2D eigenvalue weighted by Crippen LogP contribution is -2.57. The SMILES string of the molecule is CC(C)CN1C(=O)c2ccccc2C(C(=O)O)C1(C)c1ccccc1. The Morgan fingerprint density at radius 3 is 2.32 bits per heavy atom. The van der Waals surface area contributed by atoms with Crippen LogP contribution in [0.15, 0.2) is 54.6 Å². The number of carboxylic acids is 1. The number of nitrogens with zero attached hydrogens (tertiary/aromatic N) is 1. The number of amides is 1. The van der Waals surface area contributed by atoms with Crippen LogP contribution in [-0.2, 0) is 10.3 Å². The van der Waals surface area contributed by atoms with Crippen molar-refractivity contribution in [2.24, 2.45) is 5.92 Å². The summed E-state index contributed by atoms with van der Waals surface area (Å²) in [6.07, 6.45) is 0. The van der Waals surface area contributed by atoms with Crippen LogP contribution in [0.4, 0.5) is 0 Å². The second-order valence-electron chi connectivity index (χ2n) is 7.18. The Labute approximate surface area is 148 Å². The van der Waals surface area contributed by atoms with Gasteiger partial charge in [-0.15, -0.1) is 0 Å². The minimum atomic E-state index is -0.942. The molecule has 4 nitrogen and oxygen atoms in total. The lowest BCUT2D eigenvalue weighted by Gasteiger charge is -2.50. The fourth-order valence-corrected chi connectivity index (χ4v) is 3.87. The molecule has 130 valence electrons. The van der Waals surface area contributed by atoms with Gasteiger partial charge in [-0.2, -0.15) is 0 Å². The summed E-state index contributed by atoms with van der Waals surface area (Å²) in [5, 5.41) is 10.1. The third-order valence-corrected chi connectivity index (χ3v) is 5.02. The topological polar surface area (TPSA) is 57.6 Å². The molecule has 25 heavy (non-hydrogen) atoms. The predicted octanol–water partition coefficient (Wildman–Crippen LogP) is 3.88. The molecular weight excluding hydrogens is 314 g/mol. The van der Waals surface area contributed by atoms with Gasteiger partial charge in [0.15, 0.2) is 0 Å². The largest absolute Gasteiger partial charge is 0.481 e. The Kier molecular flexibility index (Phi) is 4.38. The van der Waals surface area contributed by atoms with Crippen LogP contribution in [-0.4, -0.2) is 28.4 Å². The number of hydrogen-bond donors (Lipinski definition) is 1. The van der Waals surface area contributed by atoms with Gasteiger partial charge in [-0.05, 0) is 30.0 Å². The maximum Gasteiger partial charge on any atom is 0.313 e. The molecule has 1 aliphatic heterocycles. The smallest absolute Gasteiger partial charge is 0.313 e. The van der Waals surface area contributed by atoms with Gasteiger partial charge in [-0.25, -0.2) is 0 Å². The Hall–Kier alpha value is -2.62. The minimum absolute atomic E-state index is 0.104. The third kappa shape index (κ3) is 2.72. The molecule has 2 aromatic carbocycles. The molecule has 1 amide bonds.